The van der Waals surface area contributed by atoms with Crippen molar-refractivity contribution in [3.05, 3.63) is 47.5 Å². The summed E-state index contributed by atoms with van der Waals surface area (Å²) in [6.45, 7) is 13.6. The van der Waals surface area contributed by atoms with Gasteiger partial charge < -0.3 is 9.80 Å². The Bertz CT molecular complexity index is 1030. The first-order valence-electron chi connectivity index (χ1n) is 13.8. The molecule has 2 aromatic rings. The van der Waals surface area contributed by atoms with Gasteiger partial charge in [0.05, 0.1) is 12.1 Å². The Morgan fingerprint density at radius 2 is 1.03 bits per heavy atom. The summed E-state index contributed by atoms with van der Waals surface area (Å²) < 4.78 is 0.285. The molecule has 1 saturated carbocycles. The molecule has 0 unspecified atom stereocenters. The number of hydrogen-bond donors (Lipinski definition) is 0. The van der Waals surface area contributed by atoms with E-state index in [1.807, 2.05) is 23.5 Å². The van der Waals surface area contributed by atoms with Crippen LogP contribution >= 0.6 is 23.5 Å². The van der Waals surface area contributed by atoms with Gasteiger partial charge in [0, 0.05) is 82.4 Å². The van der Waals surface area contributed by atoms with Gasteiger partial charge in [-0.05, 0) is 49.2 Å². The highest BCUT2D eigenvalue weighted by Crippen LogP contribution is 2.37. The first kappa shape index (κ1) is 30.6. The fourth-order valence-electron chi connectivity index (χ4n) is 4.47. The van der Waals surface area contributed by atoms with Crippen LogP contribution in [0.25, 0.3) is 0 Å². The van der Waals surface area contributed by atoms with Gasteiger partial charge in [-0.25, -0.2) is 0 Å². The highest BCUT2D eigenvalue weighted by atomic mass is 32.2. The fourth-order valence-corrected chi connectivity index (χ4v) is 6.52. The molecule has 3 rings (SSSR count). The molecule has 2 aromatic carbocycles. The molecule has 0 heterocycles. The van der Waals surface area contributed by atoms with E-state index in [4.69, 9.17) is 9.98 Å². The van der Waals surface area contributed by atoms with Gasteiger partial charge in [0.15, 0.2) is 0 Å². The molecule has 1 aliphatic rings. The van der Waals surface area contributed by atoms with Crippen LogP contribution < -0.4 is 9.80 Å². The number of aliphatic imine (C=N–C) groups is 2. The maximum atomic E-state index is 5.18. The van der Waals surface area contributed by atoms with E-state index in [1.54, 1.807) is 0 Å². The Morgan fingerprint density at radius 1 is 0.658 bits per heavy atom. The van der Waals surface area contributed by atoms with Crippen molar-refractivity contribution < 1.29 is 0 Å². The number of benzene rings is 2. The lowest BCUT2D eigenvalue weighted by molar-refractivity contribution is 0.390. The van der Waals surface area contributed by atoms with Crippen molar-refractivity contribution in [2.24, 2.45) is 9.98 Å². The second kappa shape index (κ2) is 13.0. The highest BCUT2D eigenvalue weighted by molar-refractivity contribution is 8.01. The van der Waals surface area contributed by atoms with Gasteiger partial charge in [-0.1, -0.05) is 54.4 Å². The standard InChI is InChI=1S/C32H48N4S2/c1-31(2,3)37-29-17-15-25(35(7)8)19-23(29)21-33-27-13-11-12-14-28(27)34-22-24-20-26(36(9)10)16-18-30(24)38-32(4,5)6/h15-22,27-28H,11-14H2,1-10H3/t27-,28-/m1/s1. The Balaban J connectivity index is 1.90. The number of thioether (sulfide) groups is 2. The molecule has 38 heavy (non-hydrogen) atoms. The average molecular weight is 553 g/mol. The van der Waals surface area contributed by atoms with Gasteiger partial charge >= 0.3 is 0 Å². The molecule has 208 valence electrons. The predicted octanol–water partition coefficient (Wildman–Crippen LogP) is 8.45. The third kappa shape index (κ3) is 9.37. The normalized spacial score (nSPS) is 18.9. The SMILES string of the molecule is CN(C)c1ccc(SC(C)(C)C)c(C=N[C@@H]2CCCC[C@H]2N=Cc2cc(N(C)C)ccc2SC(C)(C)C)c1. The minimum absolute atomic E-state index is 0.143. The Hall–Kier alpha value is -1.92. The molecule has 0 spiro atoms. The largest absolute Gasteiger partial charge is 0.378 e. The Morgan fingerprint density at radius 3 is 1.34 bits per heavy atom. The molecule has 1 aliphatic carbocycles. The van der Waals surface area contributed by atoms with Crippen LogP contribution in [0.5, 0.6) is 0 Å². The third-order valence-electron chi connectivity index (χ3n) is 6.36. The predicted molar refractivity (Wildman–Crippen MR) is 174 cm³/mol. The second-order valence-electron chi connectivity index (χ2n) is 12.6. The number of anilines is 2. The minimum Gasteiger partial charge on any atom is -0.378 e. The van der Waals surface area contributed by atoms with Crippen LogP contribution in [0.1, 0.15) is 78.4 Å². The van der Waals surface area contributed by atoms with Crippen LogP contribution in [0.3, 0.4) is 0 Å². The van der Waals surface area contributed by atoms with Crippen molar-refractivity contribution in [3.8, 4) is 0 Å². The van der Waals surface area contributed by atoms with Gasteiger partial charge in [-0.2, -0.15) is 0 Å². The van der Waals surface area contributed by atoms with E-state index in [0.717, 1.165) is 12.8 Å². The van der Waals surface area contributed by atoms with E-state index < -0.39 is 0 Å². The van der Waals surface area contributed by atoms with E-state index in [1.165, 1.54) is 45.1 Å². The molecule has 0 saturated heterocycles. The highest BCUT2D eigenvalue weighted by Gasteiger charge is 2.24. The summed E-state index contributed by atoms with van der Waals surface area (Å²) in [5.74, 6) is 0. The zero-order valence-corrected chi connectivity index (χ0v) is 26.8. The summed E-state index contributed by atoms with van der Waals surface area (Å²) in [5, 5.41) is 0. The smallest absolute Gasteiger partial charge is 0.0723 e. The lowest BCUT2D eigenvalue weighted by Gasteiger charge is -2.26. The third-order valence-corrected chi connectivity index (χ3v) is 8.76. The molecule has 0 aromatic heterocycles. The minimum atomic E-state index is 0.143. The Kier molecular flexibility index (Phi) is 10.4. The summed E-state index contributed by atoms with van der Waals surface area (Å²) in [6.07, 6.45) is 8.86. The number of hydrogen-bond acceptors (Lipinski definition) is 6. The maximum absolute atomic E-state index is 5.18. The lowest BCUT2D eigenvalue weighted by atomic mass is 9.91. The second-order valence-corrected chi connectivity index (χ2v) is 16.4. The average Bonchev–Trinajstić information content (AvgIpc) is 2.81. The van der Waals surface area contributed by atoms with Crippen molar-refractivity contribution in [1.82, 2.24) is 0 Å². The molecular weight excluding hydrogens is 505 g/mol. The first-order valence-corrected chi connectivity index (χ1v) is 15.4. The molecule has 4 nitrogen and oxygen atoms in total. The summed E-state index contributed by atoms with van der Waals surface area (Å²) in [6, 6.07) is 13.9. The maximum Gasteiger partial charge on any atom is 0.0723 e. The van der Waals surface area contributed by atoms with Crippen molar-refractivity contribution >= 4 is 47.3 Å². The zero-order valence-electron chi connectivity index (χ0n) is 25.2. The fraction of sp³-hybridized carbons (Fsp3) is 0.562. The van der Waals surface area contributed by atoms with E-state index in [0.29, 0.717) is 0 Å². The number of rotatable bonds is 8. The molecule has 0 radical (unpaired) electrons. The summed E-state index contributed by atoms with van der Waals surface area (Å²) in [4.78, 5) is 17.2. The molecule has 0 bridgehead atoms. The summed E-state index contributed by atoms with van der Waals surface area (Å²) in [5.41, 5.74) is 4.80. The molecule has 1 fully saturated rings. The topological polar surface area (TPSA) is 31.2 Å². The van der Waals surface area contributed by atoms with E-state index in [2.05, 4.69) is 128 Å². The van der Waals surface area contributed by atoms with Crippen molar-refractivity contribution in [2.45, 2.75) is 98.6 Å². The van der Waals surface area contributed by atoms with Gasteiger partial charge in [0.2, 0.25) is 0 Å². The van der Waals surface area contributed by atoms with E-state index in [9.17, 15) is 0 Å². The van der Waals surface area contributed by atoms with Crippen LogP contribution in [0, 0.1) is 0 Å². The Labute approximate surface area is 240 Å². The lowest BCUT2D eigenvalue weighted by Crippen LogP contribution is -2.27. The van der Waals surface area contributed by atoms with Crippen LogP contribution in [-0.2, 0) is 0 Å². The van der Waals surface area contributed by atoms with Crippen molar-refractivity contribution in [2.75, 3.05) is 38.0 Å². The molecule has 0 amide bonds. The van der Waals surface area contributed by atoms with Gasteiger partial charge in [0.1, 0.15) is 0 Å². The summed E-state index contributed by atoms with van der Waals surface area (Å²) in [7, 11) is 8.37. The van der Waals surface area contributed by atoms with Crippen LogP contribution in [-0.4, -0.2) is 62.2 Å². The monoisotopic (exact) mass is 552 g/mol. The van der Waals surface area contributed by atoms with Crippen LogP contribution in [0.4, 0.5) is 11.4 Å². The van der Waals surface area contributed by atoms with Crippen LogP contribution in [0.15, 0.2) is 56.2 Å². The molecular formula is C32H48N4S2. The molecule has 0 N–H and O–H groups in total. The van der Waals surface area contributed by atoms with Crippen molar-refractivity contribution in [3.63, 3.8) is 0 Å². The summed E-state index contributed by atoms with van der Waals surface area (Å²) >= 11 is 3.81. The van der Waals surface area contributed by atoms with E-state index >= 15 is 0 Å². The molecule has 2 atom stereocenters. The molecule has 6 heteroatoms. The van der Waals surface area contributed by atoms with Crippen LogP contribution in [0.2, 0.25) is 0 Å². The van der Waals surface area contributed by atoms with E-state index in [-0.39, 0.29) is 21.6 Å². The van der Waals surface area contributed by atoms with Crippen molar-refractivity contribution in [1.29, 1.82) is 0 Å². The van der Waals surface area contributed by atoms with Gasteiger partial charge in [-0.15, -0.1) is 23.5 Å². The molecule has 0 aliphatic heterocycles. The first-order chi connectivity index (χ1) is 17.7. The zero-order chi connectivity index (χ0) is 28.1. The number of nitrogens with zero attached hydrogens (tertiary/aromatic N) is 4. The van der Waals surface area contributed by atoms with Gasteiger partial charge in [0.25, 0.3) is 0 Å². The quantitative estimate of drug-likeness (QED) is 0.243. The van der Waals surface area contributed by atoms with Gasteiger partial charge in [-0.3, -0.25) is 9.98 Å².